The summed E-state index contributed by atoms with van der Waals surface area (Å²) in [6, 6.07) is 18.0. The van der Waals surface area contributed by atoms with Crippen LogP contribution in [-0.2, 0) is 13.0 Å². The molecule has 0 amide bonds. The van der Waals surface area contributed by atoms with E-state index in [-0.39, 0.29) is 24.0 Å². The lowest BCUT2D eigenvalue weighted by atomic mass is 10.2. The van der Waals surface area contributed by atoms with Crippen LogP contribution in [0.5, 0.6) is 0 Å². The van der Waals surface area contributed by atoms with Gasteiger partial charge >= 0.3 is 0 Å². The number of rotatable bonds is 6. The first-order valence-electron chi connectivity index (χ1n) is 10.5. The van der Waals surface area contributed by atoms with Gasteiger partial charge in [0.25, 0.3) is 0 Å². The van der Waals surface area contributed by atoms with E-state index in [1.54, 1.807) is 0 Å². The standard InChI is InChI=1S/C23H27ClN6O.HI/c1-25-23(30-15-13-29(14-16-30)17-18-5-3-2-4-6-18)26-12-11-21-27-22(28-31-21)19-7-9-20(24)10-8-19;/h2-10H,11-17H2,1H3,(H,25,26);1H. The molecule has 1 aliphatic rings. The molecule has 1 aromatic heterocycles. The van der Waals surface area contributed by atoms with Crippen LogP contribution < -0.4 is 5.32 Å². The Bertz CT molecular complexity index is 987. The molecule has 2 aromatic carbocycles. The quantitative estimate of drug-likeness (QED) is 0.277. The Morgan fingerprint density at radius 1 is 1.06 bits per heavy atom. The normalized spacial score (nSPS) is 14.8. The number of aromatic nitrogens is 2. The number of aliphatic imine (C=N–C) groups is 1. The topological polar surface area (TPSA) is 69.8 Å². The van der Waals surface area contributed by atoms with Gasteiger partial charge in [0.15, 0.2) is 5.96 Å². The van der Waals surface area contributed by atoms with Gasteiger partial charge in [0, 0.05) is 63.3 Å². The first kappa shape index (κ1) is 24.5. The van der Waals surface area contributed by atoms with Crippen molar-refractivity contribution in [1.82, 2.24) is 25.3 Å². The van der Waals surface area contributed by atoms with E-state index in [1.807, 2.05) is 31.3 Å². The van der Waals surface area contributed by atoms with Crippen molar-refractivity contribution in [2.75, 3.05) is 39.8 Å². The van der Waals surface area contributed by atoms with Gasteiger partial charge in [-0.05, 0) is 29.8 Å². The minimum absolute atomic E-state index is 0. The summed E-state index contributed by atoms with van der Waals surface area (Å²) in [5, 5.41) is 8.17. The third-order valence-electron chi connectivity index (χ3n) is 5.33. The van der Waals surface area contributed by atoms with Crippen molar-refractivity contribution in [2.45, 2.75) is 13.0 Å². The van der Waals surface area contributed by atoms with Gasteiger partial charge < -0.3 is 14.7 Å². The second-order valence-corrected chi connectivity index (χ2v) is 7.93. The number of hydrogen-bond acceptors (Lipinski definition) is 5. The molecule has 0 saturated carbocycles. The maximum absolute atomic E-state index is 5.93. The Labute approximate surface area is 210 Å². The maximum atomic E-state index is 5.93. The number of nitrogens with one attached hydrogen (secondary N) is 1. The number of piperazine rings is 1. The predicted octanol–water partition coefficient (Wildman–Crippen LogP) is 3.94. The molecular formula is C23H28ClIN6O. The first-order chi connectivity index (χ1) is 15.2. The molecule has 1 saturated heterocycles. The van der Waals surface area contributed by atoms with Crippen molar-refractivity contribution in [3.05, 3.63) is 71.1 Å². The SMILES string of the molecule is CN=C(NCCc1nc(-c2ccc(Cl)cc2)no1)N1CCN(Cc2ccccc2)CC1.I. The van der Waals surface area contributed by atoms with Crippen molar-refractivity contribution in [1.29, 1.82) is 0 Å². The minimum Gasteiger partial charge on any atom is -0.356 e. The Morgan fingerprint density at radius 3 is 2.47 bits per heavy atom. The number of halogens is 2. The van der Waals surface area contributed by atoms with E-state index in [1.165, 1.54) is 5.56 Å². The number of benzene rings is 2. The molecule has 9 heteroatoms. The molecule has 0 bridgehead atoms. The van der Waals surface area contributed by atoms with Gasteiger partial charge in [-0.1, -0.05) is 47.1 Å². The summed E-state index contributed by atoms with van der Waals surface area (Å²) < 4.78 is 5.39. The molecule has 170 valence electrons. The van der Waals surface area contributed by atoms with E-state index < -0.39 is 0 Å². The van der Waals surface area contributed by atoms with Crippen molar-refractivity contribution in [2.24, 2.45) is 4.99 Å². The van der Waals surface area contributed by atoms with Crippen molar-refractivity contribution < 1.29 is 4.52 Å². The highest BCUT2D eigenvalue weighted by molar-refractivity contribution is 14.0. The first-order valence-corrected chi connectivity index (χ1v) is 10.9. The summed E-state index contributed by atoms with van der Waals surface area (Å²) in [5.74, 6) is 2.09. The van der Waals surface area contributed by atoms with E-state index in [9.17, 15) is 0 Å². The molecule has 2 heterocycles. The van der Waals surface area contributed by atoms with E-state index in [4.69, 9.17) is 16.1 Å². The summed E-state index contributed by atoms with van der Waals surface area (Å²) in [6.07, 6.45) is 0.633. The van der Waals surface area contributed by atoms with Crippen LogP contribution in [-0.4, -0.2) is 65.7 Å². The fraction of sp³-hybridized carbons (Fsp3) is 0.348. The van der Waals surface area contributed by atoms with E-state index in [0.29, 0.717) is 29.7 Å². The van der Waals surface area contributed by atoms with Crippen LogP contribution in [0, 0.1) is 0 Å². The Morgan fingerprint density at radius 2 is 1.78 bits per heavy atom. The van der Waals surface area contributed by atoms with E-state index in [2.05, 4.69) is 60.6 Å². The zero-order valence-corrected chi connectivity index (χ0v) is 21.2. The molecule has 0 spiro atoms. The highest BCUT2D eigenvalue weighted by Gasteiger charge is 2.19. The summed E-state index contributed by atoms with van der Waals surface area (Å²) in [5.41, 5.74) is 2.24. The van der Waals surface area contributed by atoms with Crippen molar-refractivity contribution >= 4 is 41.5 Å². The van der Waals surface area contributed by atoms with Crippen LogP contribution in [0.4, 0.5) is 0 Å². The van der Waals surface area contributed by atoms with Crippen molar-refractivity contribution in [3.8, 4) is 11.4 Å². The second-order valence-electron chi connectivity index (χ2n) is 7.49. The molecule has 1 fully saturated rings. The lowest BCUT2D eigenvalue weighted by Gasteiger charge is -2.36. The molecule has 3 aromatic rings. The fourth-order valence-electron chi connectivity index (χ4n) is 3.65. The van der Waals surface area contributed by atoms with Crippen LogP contribution in [0.3, 0.4) is 0 Å². The van der Waals surface area contributed by atoms with Crippen LogP contribution >= 0.6 is 35.6 Å². The number of hydrogen-bond donors (Lipinski definition) is 1. The van der Waals surface area contributed by atoms with Gasteiger partial charge in [-0.15, -0.1) is 24.0 Å². The third kappa shape index (κ3) is 6.66. The molecule has 32 heavy (non-hydrogen) atoms. The molecule has 0 atom stereocenters. The molecule has 1 aliphatic heterocycles. The number of nitrogens with zero attached hydrogens (tertiary/aromatic N) is 5. The summed E-state index contributed by atoms with van der Waals surface area (Å²) in [6.45, 7) is 5.61. The Hall–Kier alpha value is -2.17. The monoisotopic (exact) mass is 566 g/mol. The predicted molar refractivity (Wildman–Crippen MR) is 139 cm³/mol. The summed E-state index contributed by atoms with van der Waals surface area (Å²) >= 11 is 5.93. The molecule has 0 radical (unpaired) electrons. The highest BCUT2D eigenvalue weighted by Crippen LogP contribution is 2.18. The van der Waals surface area contributed by atoms with Crippen LogP contribution in [0.25, 0.3) is 11.4 Å². The van der Waals surface area contributed by atoms with Gasteiger partial charge in [0.05, 0.1) is 0 Å². The fourth-order valence-corrected chi connectivity index (χ4v) is 3.77. The minimum atomic E-state index is 0. The third-order valence-corrected chi connectivity index (χ3v) is 5.58. The maximum Gasteiger partial charge on any atom is 0.228 e. The average molecular weight is 567 g/mol. The lowest BCUT2D eigenvalue weighted by Crippen LogP contribution is -2.52. The Kier molecular flexibility index (Phi) is 9.31. The molecular weight excluding hydrogens is 539 g/mol. The van der Waals surface area contributed by atoms with E-state index >= 15 is 0 Å². The van der Waals surface area contributed by atoms with Crippen LogP contribution in [0.2, 0.25) is 5.02 Å². The largest absolute Gasteiger partial charge is 0.356 e. The zero-order valence-electron chi connectivity index (χ0n) is 18.1. The lowest BCUT2D eigenvalue weighted by molar-refractivity contribution is 0.172. The van der Waals surface area contributed by atoms with Crippen LogP contribution in [0.1, 0.15) is 11.5 Å². The zero-order chi connectivity index (χ0) is 21.5. The number of guanidine groups is 1. The summed E-state index contributed by atoms with van der Waals surface area (Å²) in [7, 11) is 1.82. The van der Waals surface area contributed by atoms with Gasteiger partial charge in [-0.25, -0.2) is 0 Å². The van der Waals surface area contributed by atoms with Crippen LogP contribution in [0.15, 0.2) is 64.1 Å². The summed E-state index contributed by atoms with van der Waals surface area (Å²) in [4.78, 5) is 13.7. The van der Waals surface area contributed by atoms with Crippen molar-refractivity contribution in [3.63, 3.8) is 0 Å². The molecule has 0 unspecified atom stereocenters. The van der Waals surface area contributed by atoms with Gasteiger partial charge in [0.1, 0.15) is 0 Å². The van der Waals surface area contributed by atoms with Gasteiger partial charge in [-0.3, -0.25) is 9.89 Å². The molecule has 7 nitrogen and oxygen atoms in total. The van der Waals surface area contributed by atoms with Gasteiger partial charge in [0.2, 0.25) is 11.7 Å². The Balaban J connectivity index is 0.00000289. The van der Waals surface area contributed by atoms with Gasteiger partial charge in [-0.2, -0.15) is 4.98 Å². The highest BCUT2D eigenvalue weighted by atomic mass is 127. The second kappa shape index (κ2) is 12.2. The smallest absolute Gasteiger partial charge is 0.228 e. The molecule has 4 rings (SSSR count). The van der Waals surface area contributed by atoms with E-state index in [0.717, 1.165) is 44.2 Å². The average Bonchev–Trinajstić information content (AvgIpc) is 3.28. The molecule has 1 N–H and O–H groups in total. The molecule has 0 aliphatic carbocycles.